The van der Waals surface area contributed by atoms with Crippen molar-refractivity contribution in [1.29, 1.82) is 0 Å². The van der Waals surface area contributed by atoms with E-state index < -0.39 is 0 Å². The fraction of sp³-hybridized carbons (Fsp3) is 0.600. The maximum absolute atomic E-state index is 4.38. The van der Waals surface area contributed by atoms with Crippen molar-refractivity contribution in [2.75, 3.05) is 12.3 Å². The second-order valence-electron chi connectivity index (χ2n) is 3.05. The number of rotatable bonds is 5. The molecule has 0 N–H and O–H groups in total. The lowest BCUT2D eigenvalue weighted by Gasteiger charge is -2.13. The van der Waals surface area contributed by atoms with Gasteiger partial charge in [-0.25, -0.2) is 0 Å². The summed E-state index contributed by atoms with van der Waals surface area (Å²) in [5.41, 5.74) is 1.22. The highest BCUT2D eigenvalue weighted by Crippen LogP contribution is 2.34. The van der Waals surface area contributed by atoms with Crippen molar-refractivity contribution in [3.8, 4) is 0 Å². The molecule has 3 heteroatoms. The number of aromatic nitrogens is 2. The summed E-state index contributed by atoms with van der Waals surface area (Å²) in [6.45, 7) is 4.47. The van der Waals surface area contributed by atoms with Crippen LogP contribution in [0.5, 0.6) is 0 Å². The van der Waals surface area contributed by atoms with Gasteiger partial charge in [0.25, 0.3) is 0 Å². The zero-order valence-electron chi connectivity index (χ0n) is 8.40. The van der Waals surface area contributed by atoms with Crippen LogP contribution in [0.1, 0.15) is 26.7 Å². The highest BCUT2D eigenvalue weighted by molar-refractivity contribution is 7.65. The Bertz CT molecular complexity index is 220. The average molecular weight is 196 g/mol. The third kappa shape index (κ3) is 3.40. The second kappa shape index (κ2) is 6.04. The molecular weight excluding hydrogens is 179 g/mol. The molecule has 1 rings (SSSR count). The third-order valence-corrected chi connectivity index (χ3v) is 4.71. The molecule has 72 valence electrons. The standard InChI is InChI=1S/C10H17N2P/c1-3-7-13(8-4-2)10-9-11-5-6-12-10/h5-6,9H,3-4,7-8H2,1-2H3. The predicted molar refractivity (Wildman–Crippen MR) is 58.9 cm³/mol. The molecule has 0 spiro atoms. The minimum atomic E-state index is -0.0296. The van der Waals surface area contributed by atoms with Crippen LogP contribution in [-0.4, -0.2) is 22.3 Å². The molecule has 0 aliphatic carbocycles. The van der Waals surface area contributed by atoms with Crippen LogP contribution in [0.15, 0.2) is 18.6 Å². The Morgan fingerprint density at radius 1 is 1.15 bits per heavy atom. The van der Waals surface area contributed by atoms with Crippen molar-refractivity contribution in [1.82, 2.24) is 9.97 Å². The first kappa shape index (κ1) is 10.6. The van der Waals surface area contributed by atoms with Crippen molar-refractivity contribution in [2.45, 2.75) is 26.7 Å². The molecule has 2 nitrogen and oxygen atoms in total. The van der Waals surface area contributed by atoms with Crippen molar-refractivity contribution in [3.63, 3.8) is 0 Å². The van der Waals surface area contributed by atoms with E-state index in [1.54, 1.807) is 12.4 Å². The maximum atomic E-state index is 4.38. The van der Waals surface area contributed by atoms with Gasteiger partial charge in [0, 0.05) is 12.4 Å². The van der Waals surface area contributed by atoms with E-state index in [1.165, 1.54) is 30.6 Å². The summed E-state index contributed by atoms with van der Waals surface area (Å²) < 4.78 is 0. The molecule has 0 unspecified atom stereocenters. The zero-order chi connectivity index (χ0) is 9.52. The summed E-state index contributed by atoms with van der Waals surface area (Å²) in [5.74, 6) is 0. The molecule has 13 heavy (non-hydrogen) atoms. The van der Waals surface area contributed by atoms with Gasteiger partial charge in [-0.05, 0) is 12.3 Å². The normalized spacial score (nSPS) is 10.7. The van der Waals surface area contributed by atoms with Crippen LogP contribution in [0.25, 0.3) is 0 Å². The van der Waals surface area contributed by atoms with E-state index in [9.17, 15) is 0 Å². The lowest BCUT2D eigenvalue weighted by Crippen LogP contribution is -2.10. The molecule has 0 aliphatic rings. The van der Waals surface area contributed by atoms with Crippen LogP contribution in [0.2, 0.25) is 0 Å². The number of hydrogen-bond donors (Lipinski definition) is 0. The monoisotopic (exact) mass is 196 g/mol. The molecule has 0 amide bonds. The van der Waals surface area contributed by atoms with E-state index in [4.69, 9.17) is 0 Å². The lowest BCUT2D eigenvalue weighted by molar-refractivity contribution is 1.05. The zero-order valence-corrected chi connectivity index (χ0v) is 9.30. The Morgan fingerprint density at radius 2 is 1.85 bits per heavy atom. The Morgan fingerprint density at radius 3 is 2.31 bits per heavy atom. The molecule has 1 aromatic heterocycles. The molecule has 0 atom stereocenters. The summed E-state index contributed by atoms with van der Waals surface area (Å²) in [4.78, 5) is 8.51. The van der Waals surface area contributed by atoms with Gasteiger partial charge in [-0.3, -0.25) is 9.97 Å². The molecule has 1 heterocycles. The predicted octanol–water partition coefficient (Wildman–Crippen LogP) is 2.40. The molecule has 1 aromatic rings. The molecule has 0 aliphatic heterocycles. The number of hydrogen-bond acceptors (Lipinski definition) is 2. The quantitative estimate of drug-likeness (QED) is 0.676. The summed E-state index contributed by atoms with van der Waals surface area (Å²) in [6.07, 6.45) is 10.6. The van der Waals surface area contributed by atoms with E-state index in [1.807, 2.05) is 6.20 Å². The van der Waals surface area contributed by atoms with E-state index in [2.05, 4.69) is 23.8 Å². The molecule has 0 fully saturated rings. The van der Waals surface area contributed by atoms with Crippen LogP contribution in [0.3, 0.4) is 0 Å². The first-order valence-corrected chi connectivity index (χ1v) is 6.60. The minimum absolute atomic E-state index is 0.0296. The average Bonchev–Trinajstić information content (AvgIpc) is 2.19. The van der Waals surface area contributed by atoms with Gasteiger partial charge in [0.2, 0.25) is 0 Å². The van der Waals surface area contributed by atoms with Gasteiger partial charge in [0.05, 0.1) is 11.6 Å². The minimum Gasteiger partial charge on any atom is -0.261 e. The van der Waals surface area contributed by atoms with Crippen LogP contribution in [0, 0.1) is 0 Å². The van der Waals surface area contributed by atoms with Gasteiger partial charge < -0.3 is 0 Å². The molecule has 0 saturated heterocycles. The summed E-state index contributed by atoms with van der Waals surface area (Å²) >= 11 is 0. The SMILES string of the molecule is CCCP(CCC)c1cnccn1. The Balaban J connectivity index is 2.64. The molecular formula is C10H17N2P. The van der Waals surface area contributed by atoms with Crippen LogP contribution in [-0.2, 0) is 0 Å². The number of nitrogens with zero attached hydrogens (tertiary/aromatic N) is 2. The Kier molecular flexibility index (Phi) is 4.92. The molecule has 0 radical (unpaired) electrons. The fourth-order valence-electron chi connectivity index (χ4n) is 1.34. The van der Waals surface area contributed by atoms with Gasteiger partial charge in [-0.1, -0.05) is 34.6 Å². The Labute approximate surface area is 81.6 Å². The van der Waals surface area contributed by atoms with Crippen molar-refractivity contribution < 1.29 is 0 Å². The Hall–Kier alpha value is -0.490. The molecule has 0 saturated carbocycles. The summed E-state index contributed by atoms with van der Waals surface area (Å²) in [6, 6.07) is 0. The largest absolute Gasteiger partial charge is 0.261 e. The molecule has 0 bridgehead atoms. The van der Waals surface area contributed by atoms with Gasteiger partial charge in [-0.15, -0.1) is 0 Å². The third-order valence-electron chi connectivity index (χ3n) is 1.86. The fourth-order valence-corrected chi connectivity index (χ4v) is 3.56. The smallest absolute Gasteiger partial charge is 0.0812 e. The van der Waals surface area contributed by atoms with Gasteiger partial charge >= 0.3 is 0 Å². The lowest BCUT2D eigenvalue weighted by atomic mass is 10.6. The highest BCUT2D eigenvalue weighted by atomic mass is 31.1. The molecule has 0 aromatic carbocycles. The topological polar surface area (TPSA) is 25.8 Å². The van der Waals surface area contributed by atoms with Crippen molar-refractivity contribution >= 4 is 13.4 Å². The van der Waals surface area contributed by atoms with Crippen LogP contribution >= 0.6 is 7.92 Å². The van der Waals surface area contributed by atoms with E-state index >= 15 is 0 Å². The van der Waals surface area contributed by atoms with Gasteiger partial charge in [-0.2, -0.15) is 0 Å². The second-order valence-corrected chi connectivity index (χ2v) is 5.48. The highest BCUT2D eigenvalue weighted by Gasteiger charge is 2.09. The van der Waals surface area contributed by atoms with Crippen LogP contribution < -0.4 is 5.44 Å². The maximum Gasteiger partial charge on any atom is 0.0812 e. The van der Waals surface area contributed by atoms with E-state index in [0.717, 1.165) is 0 Å². The van der Waals surface area contributed by atoms with E-state index in [0.29, 0.717) is 0 Å². The van der Waals surface area contributed by atoms with E-state index in [-0.39, 0.29) is 7.92 Å². The van der Waals surface area contributed by atoms with Crippen molar-refractivity contribution in [3.05, 3.63) is 18.6 Å². The summed E-state index contributed by atoms with van der Waals surface area (Å²) in [7, 11) is -0.0296. The first-order chi connectivity index (χ1) is 6.38. The van der Waals surface area contributed by atoms with Crippen LogP contribution in [0.4, 0.5) is 0 Å². The van der Waals surface area contributed by atoms with Gasteiger partial charge in [0.1, 0.15) is 0 Å². The van der Waals surface area contributed by atoms with Crippen molar-refractivity contribution in [2.24, 2.45) is 0 Å². The van der Waals surface area contributed by atoms with Gasteiger partial charge in [0.15, 0.2) is 0 Å². The summed E-state index contributed by atoms with van der Waals surface area (Å²) in [5, 5.41) is 0. The first-order valence-electron chi connectivity index (χ1n) is 4.89.